The lowest BCUT2D eigenvalue weighted by Gasteiger charge is -2.22. The standard InChI is InChI=1S/C17H15ClN2O4/c1-12-9-14(3-4-15(12)18)20(7-2-6-19)16(21)11-24-17(22)13-5-8-23-10-13/h3-5,8-10H,2,7,11H2,1H3. The molecule has 0 aliphatic carbocycles. The van der Waals surface area contributed by atoms with Crippen LogP contribution in [0.15, 0.2) is 41.2 Å². The maximum Gasteiger partial charge on any atom is 0.341 e. The van der Waals surface area contributed by atoms with Crippen LogP contribution in [0.2, 0.25) is 5.02 Å². The molecule has 0 radical (unpaired) electrons. The van der Waals surface area contributed by atoms with Crippen LogP contribution in [0.3, 0.4) is 0 Å². The number of nitrogens with zero attached hydrogens (tertiary/aromatic N) is 2. The Balaban J connectivity index is 2.08. The first-order valence-corrected chi connectivity index (χ1v) is 7.53. The molecule has 1 heterocycles. The molecule has 0 atom stereocenters. The molecule has 0 aliphatic heterocycles. The maximum absolute atomic E-state index is 12.4. The van der Waals surface area contributed by atoms with Crippen LogP contribution < -0.4 is 4.90 Å². The van der Waals surface area contributed by atoms with Gasteiger partial charge >= 0.3 is 5.97 Å². The molecule has 7 heteroatoms. The van der Waals surface area contributed by atoms with E-state index in [2.05, 4.69) is 0 Å². The predicted octanol–water partition coefficient (Wildman–Crippen LogP) is 3.35. The second-order valence-corrected chi connectivity index (χ2v) is 5.38. The number of anilines is 1. The minimum Gasteiger partial charge on any atom is -0.472 e. The highest BCUT2D eigenvalue weighted by molar-refractivity contribution is 6.31. The highest BCUT2D eigenvalue weighted by Gasteiger charge is 2.19. The molecule has 0 bridgehead atoms. The van der Waals surface area contributed by atoms with Crippen molar-refractivity contribution in [2.24, 2.45) is 0 Å². The summed E-state index contributed by atoms with van der Waals surface area (Å²) in [6.07, 6.45) is 2.74. The number of furan rings is 1. The Bertz CT molecular complexity index is 765. The van der Waals surface area contributed by atoms with E-state index in [4.69, 9.17) is 26.0 Å². The van der Waals surface area contributed by atoms with Crippen molar-refractivity contribution in [1.29, 1.82) is 5.26 Å². The van der Waals surface area contributed by atoms with Gasteiger partial charge in [-0.1, -0.05) is 11.6 Å². The number of aryl methyl sites for hydroxylation is 1. The Morgan fingerprint density at radius 2 is 2.17 bits per heavy atom. The molecule has 6 nitrogen and oxygen atoms in total. The molecule has 0 saturated carbocycles. The summed E-state index contributed by atoms with van der Waals surface area (Å²) in [5.41, 5.74) is 1.63. The van der Waals surface area contributed by atoms with Crippen LogP contribution >= 0.6 is 11.6 Å². The molecule has 0 N–H and O–H groups in total. The highest BCUT2D eigenvalue weighted by Crippen LogP contribution is 2.23. The number of benzene rings is 1. The molecule has 24 heavy (non-hydrogen) atoms. The van der Waals surface area contributed by atoms with Gasteiger partial charge in [0.2, 0.25) is 0 Å². The Labute approximate surface area is 144 Å². The molecule has 2 rings (SSSR count). The number of nitriles is 1. The number of hydrogen-bond donors (Lipinski definition) is 0. The van der Waals surface area contributed by atoms with E-state index >= 15 is 0 Å². The van der Waals surface area contributed by atoms with E-state index in [0.717, 1.165) is 5.56 Å². The minimum absolute atomic E-state index is 0.156. The van der Waals surface area contributed by atoms with Crippen LogP contribution in [0.5, 0.6) is 0 Å². The van der Waals surface area contributed by atoms with E-state index in [0.29, 0.717) is 10.7 Å². The van der Waals surface area contributed by atoms with E-state index in [1.807, 2.05) is 13.0 Å². The summed E-state index contributed by atoms with van der Waals surface area (Å²) < 4.78 is 9.78. The van der Waals surface area contributed by atoms with E-state index in [-0.39, 0.29) is 18.5 Å². The van der Waals surface area contributed by atoms with Gasteiger partial charge in [0.1, 0.15) is 6.26 Å². The molecule has 1 aromatic heterocycles. The van der Waals surface area contributed by atoms with Gasteiger partial charge < -0.3 is 14.1 Å². The van der Waals surface area contributed by atoms with Crippen molar-refractivity contribution < 1.29 is 18.7 Å². The maximum atomic E-state index is 12.4. The summed E-state index contributed by atoms with van der Waals surface area (Å²) in [7, 11) is 0. The first kappa shape index (κ1) is 17.6. The summed E-state index contributed by atoms with van der Waals surface area (Å²) >= 11 is 6.00. The fourth-order valence-corrected chi connectivity index (χ4v) is 2.14. The monoisotopic (exact) mass is 346 g/mol. The molecule has 124 valence electrons. The first-order valence-electron chi connectivity index (χ1n) is 7.15. The number of carbonyl (C=O) groups is 2. The Kier molecular flexibility index (Phi) is 5.99. The lowest BCUT2D eigenvalue weighted by atomic mass is 10.2. The van der Waals surface area contributed by atoms with Crippen LogP contribution in [-0.2, 0) is 9.53 Å². The highest BCUT2D eigenvalue weighted by atomic mass is 35.5. The second kappa shape index (κ2) is 8.18. The van der Waals surface area contributed by atoms with Gasteiger partial charge in [-0.2, -0.15) is 5.26 Å². The molecule has 0 aliphatic rings. The number of esters is 1. The van der Waals surface area contributed by atoms with Crippen molar-refractivity contribution in [3.8, 4) is 6.07 Å². The van der Waals surface area contributed by atoms with Crippen LogP contribution in [0.1, 0.15) is 22.3 Å². The fraction of sp³-hybridized carbons (Fsp3) is 0.235. The quantitative estimate of drug-likeness (QED) is 0.749. The number of hydrogen-bond acceptors (Lipinski definition) is 5. The van der Waals surface area contributed by atoms with Crippen molar-refractivity contribution >= 4 is 29.2 Å². The van der Waals surface area contributed by atoms with Crippen molar-refractivity contribution in [2.75, 3.05) is 18.1 Å². The molecule has 0 saturated heterocycles. The van der Waals surface area contributed by atoms with Gasteiger partial charge in [0.25, 0.3) is 5.91 Å². The Morgan fingerprint density at radius 1 is 1.38 bits per heavy atom. The zero-order valence-corrected chi connectivity index (χ0v) is 13.7. The smallest absolute Gasteiger partial charge is 0.341 e. The third-order valence-corrected chi connectivity index (χ3v) is 3.71. The van der Waals surface area contributed by atoms with E-state index in [9.17, 15) is 9.59 Å². The summed E-state index contributed by atoms with van der Waals surface area (Å²) in [5.74, 6) is -1.08. The van der Waals surface area contributed by atoms with Crippen LogP contribution in [0.4, 0.5) is 5.69 Å². The SMILES string of the molecule is Cc1cc(N(CCC#N)C(=O)COC(=O)c2ccoc2)ccc1Cl. The number of rotatable bonds is 6. The van der Waals surface area contributed by atoms with Crippen molar-refractivity contribution in [3.05, 3.63) is 52.9 Å². The van der Waals surface area contributed by atoms with Crippen molar-refractivity contribution in [1.82, 2.24) is 0 Å². The van der Waals surface area contributed by atoms with Crippen LogP contribution in [0, 0.1) is 18.3 Å². The summed E-state index contributed by atoms with van der Waals surface area (Å²) in [6.45, 7) is 1.58. The molecular weight excluding hydrogens is 332 g/mol. The number of ether oxygens (including phenoxy) is 1. The van der Waals surface area contributed by atoms with Gasteiger partial charge in [0, 0.05) is 17.3 Å². The number of carbonyl (C=O) groups excluding carboxylic acids is 2. The van der Waals surface area contributed by atoms with Crippen molar-refractivity contribution in [3.63, 3.8) is 0 Å². The molecule has 0 spiro atoms. The molecule has 0 unspecified atom stereocenters. The lowest BCUT2D eigenvalue weighted by Crippen LogP contribution is -2.35. The molecule has 0 fully saturated rings. The van der Waals surface area contributed by atoms with Crippen molar-refractivity contribution in [2.45, 2.75) is 13.3 Å². The fourth-order valence-electron chi connectivity index (χ4n) is 2.03. The summed E-state index contributed by atoms with van der Waals surface area (Å²) in [4.78, 5) is 25.6. The topological polar surface area (TPSA) is 83.5 Å². The lowest BCUT2D eigenvalue weighted by molar-refractivity contribution is -0.121. The van der Waals surface area contributed by atoms with Gasteiger partial charge in [0.05, 0.1) is 24.3 Å². The third-order valence-electron chi connectivity index (χ3n) is 3.29. The molecular formula is C17H15ClN2O4. The van der Waals surface area contributed by atoms with Gasteiger partial charge in [-0.05, 0) is 36.8 Å². The normalized spacial score (nSPS) is 10.0. The van der Waals surface area contributed by atoms with E-state index < -0.39 is 18.5 Å². The molecule has 1 aromatic carbocycles. The third kappa shape index (κ3) is 4.37. The average Bonchev–Trinajstić information content (AvgIpc) is 3.10. The zero-order valence-electron chi connectivity index (χ0n) is 13.0. The minimum atomic E-state index is -0.649. The summed E-state index contributed by atoms with van der Waals surface area (Å²) in [6, 6.07) is 8.55. The average molecular weight is 347 g/mol. The second-order valence-electron chi connectivity index (χ2n) is 4.98. The molecule has 1 amide bonds. The van der Waals surface area contributed by atoms with Gasteiger partial charge in [-0.3, -0.25) is 4.79 Å². The predicted molar refractivity (Wildman–Crippen MR) is 87.8 cm³/mol. The Hall–Kier alpha value is -2.78. The summed E-state index contributed by atoms with van der Waals surface area (Å²) in [5, 5.41) is 9.36. The number of amides is 1. The molecule has 2 aromatic rings. The Morgan fingerprint density at radius 3 is 2.79 bits per heavy atom. The largest absolute Gasteiger partial charge is 0.472 e. The van der Waals surface area contributed by atoms with Gasteiger partial charge in [0.15, 0.2) is 6.61 Å². The van der Waals surface area contributed by atoms with E-state index in [1.54, 1.807) is 18.2 Å². The first-order chi connectivity index (χ1) is 11.5. The zero-order chi connectivity index (χ0) is 17.5. The number of halogens is 1. The van der Waals surface area contributed by atoms with Gasteiger partial charge in [-0.15, -0.1) is 0 Å². The van der Waals surface area contributed by atoms with Gasteiger partial charge in [-0.25, -0.2) is 4.79 Å². The van der Waals surface area contributed by atoms with Crippen LogP contribution in [-0.4, -0.2) is 25.0 Å². The van der Waals surface area contributed by atoms with Crippen LogP contribution in [0.25, 0.3) is 0 Å². The van der Waals surface area contributed by atoms with E-state index in [1.165, 1.54) is 23.5 Å².